The first-order valence-corrected chi connectivity index (χ1v) is 9.18. The van der Waals surface area contributed by atoms with Crippen molar-refractivity contribution >= 4 is 11.9 Å². The fourth-order valence-corrected chi connectivity index (χ4v) is 2.94. The van der Waals surface area contributed by atoms with Gasteiger partial charge in [-0.2, -0.15) is 0 Å². The number of rotatable bonds is 11. The molecule has 1 fully saturated rings. The van der Waals surface area contributed by atoms with Crippen molar-refractivity contribution in [2.24, 2.45) is 5.92 Å². The molecule has 0 aromatic rings. The SMILES string of the molecule is CCOC(=O)CCN(CCCCN1CCCC1)C(=O)CC(C)C. The van der Waals surface area contributed by atoms with E-state index in [4.69, 9.17) is 4.74 Å². The Labute approximate surface area is 141 Å². The number of likely N-dealkylation sites (tertiary alicyclic amines) is 1. The van der Waals surface area contributed by atoms with Gasteiger partial charge in [0.1, 0.15) is 0 Å². The molecule has 1 saturated heterocycles. The molecule has 0 saturated carbocycles. The third-order valence-corrected chi connectivity index (χ3v) is 4.18. The molecule has 0 atom stereocenters. The van der Waals surface area contributed by atoms with Crippen molar-refractivity contribution in [2.45, 2.75) is 59.3 Å². The molecule has 0 unspecified atom stereocenters. The van der Waals surface area contributed by atoms with Crippen molar-refractivity contribution in [1.82, 2.24) is 9.80 Å². The predicted molar refractivity (Wildman–Crippen MR) is 92.2 cm³/mol. The number of esters is 1. The second-order valence-electron chi connectivity index (χ2n) is 6.79. The molecular formula is C18H34N2O3. The minimum absolute atomic E-state index is 0.158. The van der Waals surface area contributed by atoms with Crippen LogP contribution in [0.3, 0.4) is 0 Å². The molecular weight excluding hydrogens is 292 g/mol. The third kappa shape index (κ3) is 8.94. The van der Waals surface area contributed by atoms with Crippen molar-refractivity contribution in [2.75, 3.05) is 39.3 Å². The number of amides is 1. The van der Waals surface area contributed by atoms with Crippen molar-refractivity contribution in [3.63, 3.8) is 0 Å². The van der Waals surface area contributed by atoms with Gasteiger partial charge in [-0.15, -0.1) is 0 Å². The second kappa shape index (κ2) is 11.4. The molecule has 1 amide bonds. The molecule has 0 bridgehead atoms. The highest BCUT2D eigenvalue weighted by atomic mass is 16.5. The predicted octanol–water partition coefficient (Wildman–Crippen LogP) is 2.69. The van der Waals surface area contributed by atoms with Crippen LogP contribution in [0.2, 0.25) is 0 Å². The summed E-state index contributed by atoms with van der Waals surface area (Å²) in [6.07, 6.45) is 5.60. The molecule has 1 aliphatic rings. The first-order valence-electron chi connectivity index (χ1n) is 9.18. The zero-order chi connectivity index (χ0) is 17.1. The van der Waals surface area contributed by atoms with Gasteiger partial charge in [-0.05, 0) is 58.2 Å². The van der Waals surface area contributed by atoms with Gasteiger partial charge in [0, 0.05) is 19.5 Å². The molecule has 1 aliphatic heterocycles. The van der Waals surface area contributed by atoms with E-state index in [1.54, 1.807) is 6.92 Å². The fraction of sp³-hybridized carbons (Fsp3) is 0.889. The maximum atomic E-state index is 12.3. The lowest BCUT2D eigenvalue weighted by Crippen LogP contribution is -2.35. The molecule has 1 heterocycles. The molecule has 5 nitrogen and oxygen atoms in total. The Kier molecular flexibility index (Phi) is 9.92. The lowest BCUT2D eigenvalue weighted by atomic mass is 10.1. The number of carbonyl (C=O) groups excluding carboxylic acids is 2. The highest BCUT2D eigenvalue weighted by molar-refractivity contribution is 5.77. The Balaban J connectivity index is 2.33. The summed E-state index contributed by atoms with van der Waals surface area (Å²) in [5, 5.41) is 0. The molecule has 0 radical (unpaired) electrons. The normalized spacial score (nSPS) is 15.1. The van der Waals surface area contributed by atoms with Crippen LogP contribution in [-0.2, 0) is 14.3 Å². The molecule has 1 rings (SSSR count). The molecule has 0 aromatic heterocycles. The van der Waals surface area contributed by atoms with Crippen LogP contribution in [0.1, 0.15) is 59.3 Å². The topological polar surface area (TPSA) is 49.9 Å². The Bertz CT molecular complexity index is 352. The van der Waals surface area contributed by atoms with E-state index in [0.717, 1.165) is 25.9 Å². The van der Waals surface area contributed by atoms with E-state index in [0.29, 0.717) is 31.9 Å². The van der Waals surface area contributed by atoms with Gasteiger partial charge in [0.25, 0.3) is 0 Å². The quantitative estimate of drug-likeness (QED) is 0.433. The van der Waals surface area contributed by atoms with Crippen molar-refractivity contribution in [1.29, 1.82) is 0 Å². The molecule has 0 N–H and O–H groups in total. The summed E-state index contributed by atoms with van der Waals surface area (Å²) in [5.41, 5.74) is 0. The zero-order valence-corrected chi connectivity index (χ0v) is 15.2. The fourth-order valence-electron chi connectivity index (χ4n) is 2.94. The largest absolute Gasteiger partial charge is 0.466 e. The average molecular weight is 326 g/mol. The van der Waals surface area contributed by atoms with E-state index in [2.05, 4.69) is 18.7 Å². The van der Waals surface area contributed by atoms with Crippen molar-refractivity contribution in [3.05, 3.63) is 0 Å². The van der Waals surface area contributed by atoms with Gasteiger partial charge in [-0.25, -0.2) is 0 Å². The lowest BCUT2D eigenvalue weighted by molar-refractivity contribution is -0.144. The van der Waals surface area contributed by atoms with Gasteiger partial charge in [0.2, 0.25) is 5.91 Å². The van der Waals surface area contributed by atoms with Gasteiger partial charge in [0.15, 0.2) is 0 Å². The van der Waals surface area contributed by atoms with Crippen LogP contribution in [0, 0.1) is 5.92 Å². The molecule has 134 valence electrons. The van der Waals surface area contributed by atoms with Crippen LogP contribution in [0.4, 0.5) is 0 Å². The van der Waals surface area contributed by atoms with Gasteiger partial charge >= 0.3 is 5.97 Å². The summed E-state index contributed by atoms with van der Waals surface area (Å²) in [6.45, 7) is 11.1. The van der Waals surface area contributed by atoms with Gasteiger partial charge in [-0.1, -0.05) is 13.8 Å². The number of unbranched alkanes of at least 4 members (excludes halogenated alkanes) is 1. The van der Waals surface area contributed by atoms with E-state index >= 15 is 0 Å². The molecule has 23 heavy (non-hydrogen) atoms. The maximum absolute atomic E-state index is 12.3. The summed E-state index contributed by atoms with van der Waals surface area (Å²) in [5.74, 6) is 0.287. The lowest BCUT2D eigenvalue weighted by Gasteiger charge is -2.24. The summed E-state index contributed by atoms with van der Waals surface area (Å²) < 4.78 is 4.96. The Morgan fingerprint density at radius 3 is 2.43 bits per heavy atom. The summed E-state index contributed by atoms with van der Waals surface area (Å²) >= 11 is 0. The van der Waals surface area contributed by atoms with Crippen LogP contribution in [0.25, 0.3) is 0 Å². The van der Waals surface area contributed by atoms with Crippen LogP contribution in [0.15, 0.2) is 0 Å². The van der Waals surface area contributed by atoms with Crippen LogP contribution in [-0.4, -0.2) is 61.0 Å². The third-order valence-electron chi connectivity index (χ3n) is 4.18. The van der Waals surface area contributed by atoms with E-state index < -0.39 is 0 Å². The zero-order valence-electron chi connectivity index (χ0n) is 15.2. The van der Waals surface area contributed by atoms with E-state index in [-0.39, 0.29) is 11.9 Å². The highest BCUT2D eigenvalue weighted by Crippen LogP contribution is 2.10. The van der Waals surface area contributed by atoms with E-state index in [1.807, 2.05) is 4.90 Å². The molecule has 0 aromatic carbocycles. The minimum atomic E-state index is -0.216. The first-order chi connectivity index (χ1) is 11.0. The van der Waals surface area contributed by atoms with Crippen LogP contribution >= 0.6 is 0 Å². The number of ether oxygens (including phenoxy) is 1. The molecule has 0 aliphatic carbocycles. The summed E-state index contributed by atoms with van der Waals surface area (Å²) in [4.78, 5) is 28.2. The number of hydrogen-bond acceptors (Lipinski definition) is 4. The van der Waals surface area contributed by atoms with Gasteiger partial charge < -0.3 is 14.5 Å². The second-order valence-corrected chi connectivity index (χ2v) is 6.79. The Hall–Kier alpha value is -1.10. The van der Waals surface area contributed by atoms with E-state index in [9.17, 15) is 9.59 Å². The maximum Gasteiger partial charge on any atom is 0.307 e. The Morgan fingerprint density at radius 2 is 1.83 bits per heavy atom. The summed E-state index contributed by atoms with van der Waals surface area (Å²) in [7, 11) is 0. The smallest absolute Gasteiger partial charge is 0.307 e. The Morgan fingerprint density at radius 1 is 1.13 bits per heavy atom. The average Bonchev–Trinajstić information content (AvgIpc) is 2.99. The van der Waals surface area contributed by atoms with Crippen molar-refractivity contribution < 1.29 is 14.3 Å². The highest BCUT2D eigenvalue weighted by Gasteiger charge is 2.17. The van der Waals surface area contributed by atoms with Crippen LogP contribution in [0.5, 0.6) is 0 Å². The van der Waals surface area contributed by atoms with Crippen LogP contribution < -0.4 is 0 Å². The number of hydrogen-bond donors (Lipinski definition) is 0. The molecule has 5 heteroatoms. The monoisotopic (exact) mass is 326 g/mol. The summed E-state index contributed by atoms with van der Waals surface area (Å²) in [6, 6.07) is 0. The van der Waals surface area contributed by atoms with E-state index in [1.165, 1.54) is 25.9 Å². The number of nitrogens with zero attached hydrogens (tertiary/aromatic N) is 2. The number of carbonyl (C=O) groups is 2. The van der Waals surface area contributed by atoms with Crippen molar-refractivity contribution in [3.8, 4) is 0 Å². The van der Waals surface area contributed by atoms with Gasteiger partial charge in [0.05, 0.1) is 13.0 Å². The molecule has 0 spiro atoms. The first kappa shape index (κ1) is 19.9. The standard InChI is InChI=1S/C18H34N2O3/c1-4-23-18(22)9-14-20(17(21)15-16(2)3)13-8-7-12-19-10-5-6-11-19/h16H,4-15H2,1-3H3. The minimum Gasteiger partial charge on any atom is -0.466 e. The van der Waals surface area contributed by atoms with Gasteiger partial charge in [-0.3, -0.25) is 9.59 Å².